The maximum atomic E-state index is 10.7. The van der Waals surface area contributed by atoms with E-state index < -0.39 is 17.0 Å². The second-order valence-electron chi connectivity index (χ2n) is 3.84. The zero-order valence-corrected chi connectivity index (χ0v) is 11.5. The number of ether oxygens (including phenoxy) is 1. The molecule has 102 valence electrons. The van der Waals surface area contributed by atoms with Crippen LogP contribution in [-0.4, -0.2) is 25.4 Å². The molecule has 1 atom stereocenters. The maximum absolute atomic E-state index is 10.7. The van der Waals surface area contributed by atoms with Gasteiger partial charge in [-0.2, -0.15) is 0 Å². The molecule has 0 fully saturated rings. The lowest BCUT2D eigenvalue weighted by Crippen LogP contribution is -2.17. The van der Waals surface area contributed by atoms with Gasteiger partial charge in [0.1, 0.15) is 10.6 Å². The van der Waals surface area contributed by atoms with Crippen LogP contribution in [-0.2, 0) is 4.74 Å². The summed E-state index contributed by atoms with van der Waals surface area (Å²) in [6.45, 7) is 0. The molecule has 0 bridgehead atoms. The third kappa shape index (κ3) is 1.98. The third-order valence-electron chi connectivity index (χ3n) is 2.61. The van der Waals surface area contributed by atoms with Crippen LogP contribution in [0.2, 0.25) is 0 Å². The molecule has 3 rings (SSSR count). The number of aromatic nitrogens is 3. The number of hydrogen-bond donors (Lipinski definition) is 2. The number of thiol groups is 1. The zero-order valence-electron chi connectivity index (χ0n) is 9.76. The lowest BCUT2D eigenvalue weighted by Gasteiger charge is -2.14. The highest BCUT2D eigenvalue weighted by Crippen LogP contribution is 2.32. The first kappa shape index (κ1) is 12.8. The Hall–Kier alpha value is -2.20. The van der Waals surface area contributed by atoms with Crippen molar-refractivity contribution in [2.45, 2.75) is 11.4 Å². The van der Waals surface area contributed by atoms with Crippen LogP contribution in [0.3, 0.4) is 0 Å². The van der Waals surface area contributed by atoms with E-state index in [2.05, 4.69) is 22.8 Å². The van der Waals surface area contributed by atoms with Crippen molar-refractivity contribution in [1.29, 1.82) is 5.41 Å². The van der Waals surface area contributed by atoms with Crippen molar-refractivity contribution in [2.75, 3.05) is 0 Å². The van der Waals surface area contributed by atoms with E-state index in [1.165, 1.54) is 15.9 Å². The Morgan fingerprint density at radius 3 is 2.95 bits per heavy atom. The van der Waals surface area contributed by atoms with Crippen molar-refractivity contribution in [1.82, 2.24) is 14.8 Å². The Balaban J connectivity index is 2.03. The molecular formula is C10H7N5O3S2. The van der Waals surface area contributed by atoms with E-state index in [0.717, 1.165) is 11.0 Å². The zero-order chi connectivity index (χ0) is 14.3. The van der Waals surface area contributed by atoms with Crippen LogP contribution in [0, 0.1) is 15.5 Å². The summed E-state index contributed by atoms with van der Waals surface area (Å²) in [7, 11) is 0. The van der Waals surface area contributed by atoms with Gasteiger partial charge in [0.25, 0.3) is 0 Å². The molecule has 0 amide bonds. The van der Waals surface area contributed by atoms with E-state index in [9.17, 15) is 10.1 Å². The van der Waals surface area contributed by atoms with Crippen LogP contribution >= 0.6 is 24.0 Å². The van der Waals surface area contributed by atoms with Gasteiger partial charge in [0.15, 0.2) is 11.0 Å². The molecule has 2 aromatic heterocycles. The molecule has 10 heteroatoms. The van der Waals surface area contributed by atoms with Crippen molar-refractivity contribution < 1.29 is 9.66 Å². The van der Waals surface area contributed by atoms with Gasteiger partial charge < -0.3 is 4.74 Å². The molecule has 1 aliphatic rings. The van der Waals surface area contributed by atoms with E-state index in [1.54, 1.807) is 0 Å². The van der Waals surface area contributed by atoms with Gasteiger partial charge >= 0.3 is 5.88 Å². The second kappa shape index (κ2) is 4.72. The van der Waals surface area contributed by atoms with Gasteiger partial charge in [-0.15, -0.1) is 34.2 Å². The number of thiophene rings is 1. The highest BCUT2D eigenvalue weighted by molar-refractivity contribution is 7.80. The summed E-state index contributed by atoms with van der Waals surface area (Å²) in [6.07, 6.45) is 0.0887. The van der Waals surface area contributed by atoms with E-state index in [-0.39, 0.29) is 10.9 Å². The van der Waals surface area contributed by atoms with E-state index in [0.29, 0.717) is 5.82 Å². The quantitative estimate of drug-likeness (QED) is 0.512. The van der Waals surface area contributed by atoms with Crippen molar-refractivity contribution in [3.05, 3.63) is 39.6 Å². The van der Waals surface area contributed by atoms with Gasteiger partial charge in [0, 0.05) is 0 Å². The fraction of sp³-hybridized carbons (Fsp3) is 0.100. The summed E-state index contributed by atoms with van der Waals surface area (Å²) in [5.41, 5.74) is -0.0513. The Labute approximate surface area is 121 Å². The summed E-state index contributed by atoms with van der Waals surface area (Å²) in [6, 6.07) is 3.68. The summed E-state index contributed by atoms with van der Waals surface area (Å²) in [5, 5.41) is 28.4. The van der Waals surface area contributed by atoms with Crippen LogP contribution in [0.1, 0.15) is 6.23 Å². The average Bonchev–Trinajstić information content (AvgIpc) is 3.08. The normalized spacial score (nSPS) is 17.9. The molecule has 2 aromatic rings. The average molecular weight is 309 g/mol. The number of rotatable bonds is 3. The van der Waals surface area contributed by atoms with Crippen LogP contribution in [0.4, 0.5) is 0 Å². The van der Waals surface area contributed by atoms with Gasteiger partial charge in [0.05, 0.1) is 11.0 Å². The third-order valence-corrected chi connectivity index (χ3v) is 3.78. The standard InChI is InChI=1S/C10H7N5O3S2/c11-5-4-7(15(16)17)18-9(5)14-8(12-13-10(14)19)6-2-1-3-20-6/h1-4,9,11H,(H,13,19). The minimum absolute atomic E-state index is 0.0513. The maximum Gasteiger partial charge on any atom is 0.432 e. The number of nitro groups is 1. The van der Waals surface area contributed by atoms with Crippen LogP contribution in [0.5, 0.6) is 0 Å². The minimum Gasteiger partial charge on any atom is -0.410 e. The van der Waals surface area contributed by atoms with Gasteiger partial charge in [-0.25, -0.2) is 0 Å². The van der Waals surface area contributed by atoms with Crippen LogP contribution in [0.25, 0.3) is 10.7 Å². The van der Waals surface area contributed by atoms with Crippen molar-refractivity contribution >= 4 is 29.7 Å². The van der Waals surface area contributed by atoms with Gasteiger partial charge in [0.2, 0.25) is 6.23 Å². The molecule has 1 unspecified atom stereocenters. The fourth-order valence-corrected chi connectivity index (χ4v) is 2.73. The van der Waals surface area contributed by atoms with E-state index in [4.69, 9.17) is 10.1 Å². The SMILES string of the molecule is N=C1C=C([N+](=O)[O-])OC1n1c(S)nnc1-c1cccs1. The molecule has 20 heavy (non-hydrogen) atoms. The predicted molar refractivity (Wildman–Crippen MR) is 73.5 cm³/mol. The molecule has 1 N–H and O–H groups in total. The van der Waals surface area contributed by atoms with E-state index in [1.807, 2.05) is 17.5 Å². The molecule has 0 saturated heterocycles. The lowest BCUT2D eigenvalue weighted by atomic mass is 10.3. The molecule has 0 aromatic carbocycles. The monoisotopic (exact) mass is 309 g/mol. The predicted octanol–water partition coefficient (Wildman–Crippen LogP) is 1.96. The molecule has 0 radical (unpaired) electrons. The first-order valence-corrected chi connectivity index (χ1v) is 6.69. The molecular weight excluding hydrogens is 302 g/mol. The van der Waals surface area contributed by atoms with Crippen LogP contribution in [0.15, 0.2) is 34.6 Å². The van der Waals surface area contributed by atoms with Crippen molar-refractivity contribution in [2.24, 2.45) is 0 Å². The lowest BCUT2D eigenvalue weighted by molar-refractivity contribution is -0.465. The molecule has 0 spiro atoms. The molecule has 3 heterocycles. The summed E-state index contributed by atoms with van der Waals surface area (Å²) < 4.78 is 6.62. The first-order chi connectivity index (χ1) is 9.58. The second-order valence-corrected chi connectivity index (χ2v) is 5.18. The number of nitrogens with one attached hydrogen (secondary N) is 1. The Kier molecular flexibility index (Phi) is 3.03. The summed E-state index contributed by atoms with van der Waals surface area (Å²) in [5.74, 6) is -0.0173. The Bertz CT molecular complexity index is 721. The minimum atomic E-state index is -0.977. The Morgan fingerprint density at radius 2 is 2.35 bits per heavy atom. The largest absolute Gasteiger partial charge is 0.432 e. The van der Waals surface area contributed by atoms with Crippen molar-refractivity contribution in [3.8, 4) is 10.7 Å². The summed E-state index contributed by atoms with van der Waals surface area (Å²) >= 11 is 5.61. The topological polar surface area (TPSA) is 107 Å². The molecule has 1 aliphatic heterocycles. The number of nitrogens with zero attached hydrogens (tertiary/aromatic N) is 4. The molecule has 0 saturated carbocycles. The highest BCUT2D eigenvalue weighted by Gasteiger charge is 2.35. The van der Waals surface area contributed by atoms with E-state index >= 15 is 0 Å². The highest BCUT2D eigenvalue weighted by atomic mass is 32.1. The molecule has 0 aliphatic carbocycles. The smallest absolute Gasteiger partial charge is 0.410 e. The van der Waals surface area contributed by atoms with Gasteiger partial charge in [-0.05, 0) is 11.4 Å². The summed E-state index contributed by atoms with van der Waals surface area (Å²) in [4.78, 5) is 10.8. The van der Waals surface area contributed by atoms with Gasteiger partial charge in [-0.3, -0.25) is 20.1 Å². The van der Waals surface area contributed by atoms with Crippen molar-refractivity contribution in [3.63, 3.8) is 0 Å². The van der Waals surface area contributed by atoms with Crippen LogP contribution < -0.4 is 0 Å². The number of hydrogen-bond acceptors (Lipinski definition) is 8. The van der Waals surface area contributed by atoms with Gasteiger partial charge in [-0.1, -0.05) is 6.07 Å². The fourth-order valence-electron chi connectivity index (χ4n) is 1.78. The first-order valence-electron chi connectivity index (χ1n) is 5.37. The Morgan fingerprint density at radius 1 is 1.55 bits per heavy atom. The molecule has 8 nitrogen and oxygen atoms in total.